The average molecular weight is 305 g/mol. The maximum absolute atomic E-state index is 11.1. The Bertz CT molecular complexity index is 499. The summed E-state index contributed by atoms with van der Waals surface area (Å²) < 4.78 is 0. The van der Waals surface area contributed by atoms with Gasteiger partial charge < -0.3 is 10.2 Å². The highest BCUT2D eigenvalue weighted by molar-refractivity contribution is 5.72. The van der Waals surface area contributed by atoms with Crippen molar-refractivity contribution in [3.63, 3.8) is 0 Å². The fraction of sp³-hybridized carbons (Fsp3) is 0.529. The summed E-state index contributed by atoms with van der Waals surface area (Å²) in [5.41, 5.74) is 0.620. The van der Waals surface area contributed by atoms with Gasteiger partial charge in [-0.3, -0.25) is 14.5 Å². The van der Waals surface area contributed by atoms with E-state index in [1.54, 1.807) is 0 Å². The van der Waals surface area contributed by atoms with Gasteiger partial charge >= 0.3 is 11.9 Å². The number of hydrogen-bond donors (Lipinski definition) is 2. The minimum atomic E-state index is -0.905. The lowest BCUT2D eigenvalue weighted by atomic mass is 9.75. The van der Waals surface area contributed by atoms with Crippen LogP contribution in [0.2, 0.25) is 0 Å². The summed E-state index contributed by atoms with van der Waals surface area (Å²) in [5.74, 6) is -1.81. The van der Waals surface area contributed by atoms with Gasteiger partial charge in [0.2, 0.25) is 0 Å². The van der Waals surface area contributed by atoms with E-state index in [1.165, 1.54) is 5.56 Å². The summed E-state index contributed by atoms with van der Waals surface area (Å²) in [6.07, 6.45) is 2.01. The van der Waals surface area contributed by atoms with E-state index >= 15 is 0 Å². The Kier molecular flexibility index (Phi) is 5.55. The van der Waals surface area contributed by atoms with Gasteiger partial charge in [0.05, 0.1) is 12.8 Å². The molecule has 1 aliphatic rings. The van der Waals surface area contributed by atoms with Gasteiger partial charge in [0.25, 0.3) is 0 Å². The average Bonchev–Trinajstić information content (AvgIpc) is 2.61. The smallest absolute Gasteiger partial charge is 0.303 e. The van der Waals surface area contributed by atoms with E-state index in [-0.39, 0.29) is 12.8 Å². The molecule has 1 aliphatic heterocycles. The third kappa shape index (κ3) is 4.84. The molecular weight excluding hydrogens is 282 g/mol. The Hall–Kier alpha value is -1.88. The van der Waals surface area contributed by atoms with Crippen molar-refractivity contribution < 1.29 is 19.8 Å². The van der Waals surface area contributed by atoms with Gasteiger partial charge in [-0.15, -0.1) is 0 Å². The lowest BCUT2D eigenvalue weighted by Crippen LogP contribution is -2.30. The zero-order chi connectivity index (χ0) is 16.0. The summed E-state index contributed by atoms with van der Waals surface area (Å²) in [4.78, 5) is 24.6. The van der Waals surface area contributed by atoms with Crippen molar-refractivity contribution >= 4 is 11.9 Å². The van der Waals surface area contributed by atoms with Gasteiger partial charge in [-0.1, -0.05) is 30.3 Å². The van der Waals surface area contributed by atoms with Crippen molar-refractivity contribution in [3.8, 4) is 0 Å². The van der Waals surface area contributed by atoms with E-state index in [0.717, 1.165) is 26.1 Å². The van der Waals surface area contributed by atoms with Crippen LogP contribution in [-0.2, 0) is 16.1 Å². The summed E-state index contributed by atoms with van der Waals surface area (Å²) in [6.45, 7) is 2.46. The van der Waals surface area contributed by atoms with Gasteiger partial charge in [0, 0.05) is 6.54 Å². The zero-order valence-corrected chi connectivity index (χ0v) is 12.7. The van der Waals surface area contributed by atoms with Crippen LogP contribution in [0.15, 0.2) is 30.3 Å². The number of rotatable bonds is 6. The maximum Gasteiger partial charge on any atom is 0.303 e. The number of aliphatic carboxylic acids is 2. The summed E-state index contributed by atoms with van der Waals surface area (Å²) >= 11 is 0. The van der Waals surface area contributed by atoms with Crippen LogP contribution in [0.1, 0.15) is 37.7 Å². The highest BCUT2D eigenvalue weighted by Gasteiger charge is 2.36. The first kappa shape index (κ1) is 16.5. The Morgan fingerprint density at radius 3 is 2.23 bits per heavy atom. The minimum absolute atomic E-state index is 0.0571. The van der Waals surface area contributed by atoms with E-state index in [9.17, 15) is 9.59 Å². The molecule has 0 bridgehead atoms. The van der Waals surface area contributed by atoms with E-state index in [4.69, 9.17) is 10.2 Å². The molecule has 0 atom stereocenters. The molecule has 0 aromatic heterocycles. The van der Waals surface area contributed by atoms with Crippen LogP contribution in [-0.4, -0.2) is 40.1 Å². The van der Waals surface area contributed by atoms with E-state index < -0.39 is 17.4 Å². The molecule has 1 aromatic carbocycles. The second-order valence-electron chi connectivity index (χ2n) is 6.26. The molecule has 1 saturated heterocycles. The van der Waals surface area contributed by atoms with E-state index in [2.05, 4.69) is 17.0 Å². The second-order valence-corrected chi connectivity index (χ2v) is 6.26. The predicted molar refractivity (Wildman–Crippen MR) is 82.5 cm³/mol. The third-order valence-electron chi connectivity index (χ3n) is 4.44. The van der Waals surface area contributed by atoms with E-state index in [0.29, 0.717) is 12.8 Å². The Morgan fingerprint density at radius 1 is 1.00 bits per heavy atom. The highest BCUT2D eigenvalue weighted by Crippen LogP contribution is 2.38. The molecule has 0 radical (unpaired) electrons. The van der Waals surface area contributed by atoms with Crippen LogP contribution in [0, 0.1) is 5.41 Å². The zero-order valence-electron chi connectivity index (χ0n) is 12.7. The van der Waals surface area contributed by atoms with Gasteiger partial charge in [-0.05, 0) is 43.3 Å². The number of carboxylic acids is 2. The number of hydrogen-bond acceptors (Lipinski definition) is 3. The molecule has 22 heavy (non-hydrogen) atoms. The Balaban J connectivity index is 2.02. The van der Waals surface area contributed by atoms with Crippen molar-refractivity contribution in [2.75, 3.05) is 13.1 Å². The summed E-state index contributed by atoms with van der Waals surface area (Å²) in [6, 6.07) is 10.1. The number of carboxylic acid groups (broad SMARTS) is 2. The van der Waals surface area contributed by atoms with E-state index in [1.807, 2.05) is 18.2 Å². The summed E-state index contributed by atoms with van der Waals surface area (Å²) in [7, 11) is 0. The molecule has 0 saturated carbocycles. The van der Waals surface area contributed by atoms with Crippen LogP contribution in [0.5, 0.6) is 0 Å². The fourth-order valence-electron chi connectivity index (χ4n) is 3.37. The summed E-state index contributed by atoms with van der Waals surface area (Å²) in [5, 5.41) is 18.3. The second kappa shape index (κ2) is 7.40. The number of nitrogens with zero attached hydrogens (tertiary/aromatic N) is 1. The van der Waals surface area contributed by atoms with Gasteiger partial charge in [0.15, 0.2) is 0 Å². The van der Waals surface area contributed by atoms with Crippen LogP contribution < -0.4 is 0 Å². The van der Waals surface area contributed by atoms with Crippen molar-refractivity contribution in [2.45, 2.75) is 38.6 Å². The highest BCUT2D eigenvalue weighted by atomic mass is 16.4. The fourth-order valence-corrected chi connectivity index (χ4v) is 3.37. The lowest BCUT2D eigenvalue weighted by molar-refractivity contribution is -0.144. The van der Waals surface area contributed by atoms with Crippen molar-refractivity contribution in [3.05, 3.63) is 35.9 Å². The first-order valence-electron chi connectivity index (χ1n) is 7.69. The first-order chi connectivity index (χ1) is 10.5. The van der Waals surface area contributed by atoms with Crippen molar-refractivity contribution in [1.82, 2.24) is 4.90 Å². The number of benzene rings is 1. The van der Waals surface area contributed by atoms with Gasteiger partial charge in [-0.25, -0.2) is 0 Å². The molecule has 0 spiro atoms. The monoisotopic (exact) mass is 305 g/mol. The topological polar surface area (TPSA) is 77.8 Å². The predicted octanol–water partition coefficient (Wildman–Crippen LogP) is 2.61. The largest absolute Gasteiger partial charge is 0.481 e. The van der Waals surface area contributed by atoms with Crippen LogP contribution in [0.25, 0.3) is 0 Å². The molecule has 5 nitrogen and oxygen atoms in total. The molecule has 1 fully saturated rings. The molecule has 5 heteroatoms. The molecule has 0 unspecified atom stereocenters. The van der Waals surface area contributed by atoms with Crippen LogP contribution in [0.4, 0.5) is 0 Å². The van der Waals surface area contributed by atoms with Gasteiger partial charge in [0.1, 0.15) is 0 Å². The minimum Gasteiger partial charge on any atom is -0.481 e. The standard InChI is InChI=1S/C17H23NO4/c19-15(20)11-17(12-16(21)22)7-4-9-18(10-8-17)13-14-5-2-1-3-6-14/h1-3,5-6H,4,7-13H2,(H,19,20)(H,21,22). The van der Waals surface area contributed by atoms with Crippen molar-refractivity contribution in [2.24, 2.45) is 5.41 Å². The number of carbonyl (C=O) groups is 2. The molecule has 0 amide bonds. The quantitative estimate of drug-likeness (QED) is 0.844. The molecule has 2 N–H and O–H groups in total. The molecule has 120 valence electrons. The van der Waals surface area contributed by atoms with Crippen LogP contribution >= 0.6 is 0 Å². The molecule has 1 aromatic rings. The lowest BCUT2D eigenvalue weighted by Gasteiger charge is -2.29. The van der Waals surface area contributed by atoms with Crippen molar-refractivity contribution in [1.29, 1.82) is 0 Å². The molecule has 0 aliphatic carbocycles. The Morgan fingerprint density at radius 2 is 1.64 bits per heavy atom. The molecule has 2 rings (SSSR count). The maximum atomic E-state index is 11.1. The molecular formula is C17H23NO4. The normalized spacial score (nSPS) is 18.5. The van der Waals surface area contributed by atoms with Gasteiger partial charge in [-0.2, -0.15) is 0 Å². The number of likely N-dealkylation sites (tertiary alicyclic amines) is 1. The van der Waals surface area contributed by atoms with Crippen LogP contribution in [0.3, 0.4) is 0 Å². The Labute approximate surface area is 130 Å². The SMILES string of the molecule is O=C(O)CC1(CC(=O)O)CCCN(Cc2ccccc2)CC1. The third-order valence-corrected chi connectivity index (χ3v) is 4.44. The first-order valence-corrected chi connectivity index (χ1v) is 7.69. The molecule has 1 heterocycles.